The molecule has 0 bridgehead atoms. The Balaban J connectivity index is 1.45. The van der Waals surface area contributed by atoms with Crippen LogP contribution in [-0.4, -0.2) is 24.8 Å². The average molecular weight is 429 g/mol. The van der Waals surface area contributed by atoms with Crippen LogP contribution < -0.4 is 0 Å². The normalized spacial score (nSPS) is 44.6. The van der Waals surface area contributed by atoms with Crippen molar-refractivity contribution in [2.45, 2.75) is 112 Å². The van der Waals surface area contributed by atoms with E-state index in [0.29, 0.717) is 10.8 Å². The molecule has 8 atom stereocenters. The summed E-state index contributed by atoms with van der Waals surface area (Å²) in [7, 11) is 4.17. The third-order valence-corrected chi connectivity index (χ3v) is 11.0. The Labute approximate surface area is 194 Å². The average Bonchev–Trinajstić information content (AvgIpc) is 3.05. The molecule has 31 heavy (non-hydrogen) atoms. The van der Waals surface area contributed by atoms with Crippen LogP contribution in [0.3, 0.4) is 0 Å². The predicted molar refractivity (Wildman–Crippen MR) is 134 cm³/mol. The molecule has 4 fully saturated rings. The first-order chi connectivity index (χ1) is 14.6. The fourth-order valence-electron chi connectivity index (χ4n) is 9.46. The van der Waals surface area contributed by atoms with Gasteiger partial charge in [0.2, 0.25) is 0 Å². The fraction of sp³-hybridized carbons (Fsp3) is 0.966. The highest BCUT2D eigenvalue weighted by atomic mass is 15.4. The number of hydrogen-bond donors (Lipinski definition) is 0. The van der Waals surface area contributed by atoms with Crippen molar-refractivity contribution in [3.63, 3.8) is 0 Å². The van der Waals surface area contributed by atoms with Gasteiger partial charge in [0, 0.05) is 19.8 Å². The summed E-state index contributed by atoms with van der Waals surface area (Å²) in [5.41, 5.74) is 2.69. The predicted octanol–water partition coefficient (Wildman–Crippen LogP) is 8.03. The molecule has 0 aliphatic heterocycles. The summed E-state index contributed by atoms with van der Waals surface area (Å²) < 4.78 is 0. The molecule has 0 radical (unpaired) electrons. The number of hydrazone groups is 1. The molecule has 2 heteroatoms. The zero-order valence-corrected chi connectivity index (χ0v) is 21.9. The third-order valence-electron chi connectivity index (χ3n) is 11.0. The third kappa shape index (κ3) is 4.35. The molecule has 0 heterocycles. The molecule has 4 aliphatic rings. The first kappa shape index (κ1) is 23.6. The maximum atomic E-state index is 4.84. The Morgan fingerprint density at radius 2 is 1.65 bits per heavy atom. The molecule has 4 rings (SSSR count). The van der Waals surface area contributed by atoms with Crippen LogP contribution in [0.15, 0.2) is 5.10 Å². The van der Waals surface area contributed by atoms with Gasteiger partial charge >= 0.3 is 0 Å². The number of fused-ring (bicyclic) bond motifs is 5. The van der Waals surface area contributed by atoms with Crippen LogP contribution in [0.25, 0.3) is 0 Å². The lowest BCUT2D eigenvalue weighted by Gasteiger charge is -2.61. The van der Waals surface area contributed by atoms with Gasteiger partial charge in [0.05, 0.1) is 0 Å². The van der Waals surface area contributed by atoms with E-state index < -0.39 is 0 Å². The Morgan fingerprint density at radius 3 is 2.35 bits per heavy atom. The standard InChI is InChI=1S/C29H52N2/c1-20(2)9-8-10-21(3)25-13-14-26-24-12-11-22-19-23(30-31(6)7)15-17-28(22,4)27(24)16-18-29(25,26)5/h20-22,24-27H,8-19H2,1-7H3/b30-23+. The minimum Gasteiger partial charge on any atom is -0.303 e. The van der Waals surface area contributed by atoms with Gasteiger partial charge in [-0.25, -0.2) is 0 Å². The van der Waals surface area contributed by atoms with E-state index in [-0.39, 0.29) is 0 Å². The van der Waals surface area contributed by atoms with Crippen LogP contribution >= 0.6 is 0 Å². The maximum absolute atomic E-state index is 4.84. The molecular formula is C29H52N2. The minimum absolute atomic E-state index is 0.580. The Kier molecular flexibility index (Phi) is 6.87. The van der Waals surface area contributed by atoms with Gasteiger partial charge in [-0.2, -0.15) is 5.10 Å². The van der Waals surface area contributed by atoms with Crippen molar-refractivity contribution in [2.75, 3.05) is 14.1 Å². The van der Waals surface area contributed by atoms with Crippen LogP contribution in [0.1, 0.15) is 112 Å². The van der Waals surface area contributed by atoms with E-state index in [0.717, 1.165) is 41.4 Å². The quantitative estimate of drug-likeness (QED) is 0.391. The summed E-state index contributed by atoms with van der Waals surface area (Å²) in [4.78, 5) is 0. The lowest BCUT2D eigenvalue weighted by Crippen LogP contribution is -2.53. The smallest absolute Gasteiger partial charge is 0.0383 e. The highest BCUT2D eigenvalue weighted by molar-refractivity contribution is 5.85. The molecule has 4 saturated carbocycles. The van der Waals surface area contributed by atoms with E-state index in [1.54, 1.807) is 0 Å². The summed E-state index contributed by atoms with van der Waals surface area (Å²) in [6.45, 7) is 12.8. The molecule has 0 aromatic rings. The van der Waals surface area contributed by atoms with Crippen LogP contribution in [-0.2, 0) is 0 Å². The van der Waals surface area contributed by atoms with Crippen molar-refractivity contribution in [1.29, 1.82) is 0 Å². The molecule has 178 valence electrons. The SMILES string of the molecule is CC(C)CCCC(C)C1CCC2C3CCC4C/C(=N/N(C)C)CCC4(C)C3CCC12C. The van der Waals surface area contributed by atoms with Crippen LogP contribution in [0.2, 0.25) is 0 Å². The van der Waals surface area contributed by atoms with E-state index in [2.05, 4.69) is 48.7 Å². The van der Waals surface area contributed by atoms with Crippen molar-refractivity contribution in [3.8, 4) is 0 Å². The molecule has 8 unspecified atom stereocenters. The van der Waals surface area contributed by atoms with Gasteiger partial charge in [-0.3, -0.25) is 0 Å². The topological polar surface area (TPSA) is 15.6 Å². The van der Waals surface area contributed by atoms with Gasteiger partial charge in [-0.15, -0.1) is 0 Å². The summed E-state index contributed by atoms with van der Waals surface area (Å²) in [5.74, 6) is 6.68. The number of nitrogens with zero attached hydrogens (tertiary/aromatic N) is 2. The molecular weight excluding hydrogens is 376 g/mol. The minimum atomic E-state index is 0.580. The van der Waals surface area contributed by atoms with Crippen LogP contribution in [0.5, 0.6) is 0 Å². The monoisotopic (exact) mass is 428 g/mol. The molecule has 0 aromatic heterocycles. The van der Waals surface area contributed by atoms with Crippen molar-refractivity contribution in [1.82, 2.24) is 5.01 Å². The first-order valence-corrected chi connectivity index (χ1v) is 13.9. The second kappa shape index (κ2) is 9.02. The van der Waals surface area contributed by atoms with Crippen molar-refractivity contribution >= 4 is 5.71 Å². The van der Waals surface area contributed by atoms with Gasteiger partial charge in [0.15, 0.2) is 0 Å². The fourth-order valence-corrected chi connectivity index (χ4v) is 9.46. The molecule has 0 saturated heterocycles. The largest absolute Gasteiger partial charge is 0.303 e. The van der Waals surface area contributed by atoms with Crippen LogP contribution in [0, 0.1) is 52.3 Å². The van der Waals surface area contributed by atoms with Gasteiger partial charge in [-0.05, 0) is 110 Å². The molecule has 0 amide bonds. The highest BCUT2D eigenvalue weighted by Crippen LogP contribution is 2.68. The van der Waals surface area contributed by atoms with Crippen molar-refractivity contribution < 1.29 is 0 Å². The van der Waals surface area contributed by atoms with E-state index in [1.165, 1.54) is 82.8 Å². The van der Waals surface area contributed by atoms with E-state index >= 15 is 0 Å². The van der Waals surface area contributed by atoms with Crippen molar-refractivity contribution in [2.24, 2.45) is 57.4 Å². The lowest BCUT2D eigenvalue weighted by molar-refractivity contribution is -0.105. The Morgan fingerprint density at radius 1 is 0.903 bits per heavy atom. The molecule has 4 aliphatic carbocycles. The van der Waals surface area contributed by atoms with Gasteiger partial charge < -0.3 is 5.01 Å². The van der Waals surface area contributed by atoms with Gasteiger partial charge in [0.25, 0.3) is 0 Å². The highest BCUT2D eigenvalue weighted by Gasteiger charge is 2.60. The summed E-state index contributed by atoms with van der Waals surface area (Å²) in [5, 5.41) is 6.87. The van der Waals surface area contributed by atoms with E-state index in [4.69, 9.17) is 5.10 Å². The van der Waals surface area contributed by atoms with Gasteiger partial charge in [-0.1, -0.05) is 53.9 Å². The summed E-state index contributed by atoms with van der Waals surface area (Å²) >= 11 is 0. The van der Waals surface area contributed by atoms with Crippen molar-refractivity contribution in [3.05, 3.63) is 0 Å². The second-order valence-corrected chi connectivity index (χ2v) is 13.4. The van der Waals surface area contributed by atoms with E-state index in [1.807, 2.05) is 5.01 Å². The molecule has 0 spiro atoms. The molecule has 2 nitrogen and oxygen atoms in total. The second-order valence-electron chi connectivity index (χ2n) is 13.4. The zero-order valence-electron chi connectivity index (χ0n) is 21.9. The zero-order chi connectivity index (χ0) is 22.4. The van der Waals surface area contributed by atoms with Crippen LogP contribution in [0.4, 0.5) is 0 Å². The first-order valence-electron chi connectivity index (χ1n) is 13.9. The lowest BCUT2D eigenvalue weighted by atomic mass is 9.44. The molecule has 0 aromatic carbocycles. The Bertz CT molecular complexity index is 651. The summed E-state index contributed by atoms with van der Waals surface area (Å²) in [6.07, 6.45) is 17.3. The van der Waals surface area contributed by atoms with Gasteiger partial charge in [0.1, 0.15) is 0 Å². The van der Waals surface area contributed by atoms with E-state index in [9.17, 15) is 0 Å². The summed E-state index contributed by atoms with van der Waals surface area (Å²) in [6, 6.07) is 0. The maximum Gasteiger partial charge on any atom is 0.0383 e. The number of rotatable bonds is 6. The number of hydrogen-bond acceptors (Lipinski definition) is 2. The Hall–Kier alpha value is -0.530. The molecule has 0 N–H and O–H groups in total.